The van der Waals surface area contributed by atoms with Crippen LogP contribution in [0.15, 0.2) is 30.6 Å². The summed E-state index contributed by atoms with van der Waals surface area (Å²) in [5.41, 5.74) is 3.27. The molecule has 1 fully saturated rings. The first-order chi connectivity index (χ1) is 15.3. The Kier molecular flexibility index (Phi) is 4.75. The summed E-state index contributed by atoms with van der Waals surface area (Å²) in [5, 5.41) is 14.9. The number of carbonyl (C=O) groups excluding carboxylic acids is 1. The first-order valence-corrected chi connectivity index (χ1v) is 10.3. The van der Waals surface area contributed by atoms with Crippen molar-refractivity contribution in [1.82, 2.24) is 35.3 Å². The van der Waals surface area contributed by atoms with E-state index in [0.717, 1.165) is 29.4 Å². The van der Waals surface area contributed by atoms with Gasteiger partial charge in [-0.2, -0.15) is 4.98 Å². The summed E-state index contributed by atoms with van der Waals surface area (Å²) in [4.78, 5) is 23.5. The van der Waals surface area contributed by atoms with E-state index in [1.807, 2.05) is 19.2 Å². The molecule has 0 spiro atoms. The smallest absolute Gasteiger partial charge is 0.258 e. The van der Waals surface area contributed by atoms with Crippen molar-refractivity contribution in [1.29, 1.82) is 0 Å². The van der Waals surface area contributed by atoms with E-state index in [9.17, 15) is 13.6 Å². The zero-order valence-corrected chi connectivity index (χ0v) is 17.6. The number of anilines is 1. The van der Waals surface area contributed by atoms with E-state index in [-0.39, 0.29) is 17.5 Å². The second kappa shape index (κ2) is 7.50. The molecular formula is C21H22F2N8O. The SMILES string of the molecule is CC(=O)NC1(C)CC(Nc2ncc3c(-c4ccc5nnn(CC(F)F)c5c4)c[nH]c3n2)C1. The fraction of sp³-hybridized carbons (Fsp3) is 0.381. The van der Waals surface area contributed by atoms with Crippen molar-refractivity contribution >= 4 is 33.9 Å². The molecule has 3 aromatic heterocycles. The number of fused-ring (bicyclic) bond motifs is 2. The van der Waals surface area contributed by atoms with Gasteiger partial charge in [-0.15, -0.1) is 5.10 Å². The first kappa shape index (κ1) is 20.3. The number of carbonyl (C=O) groups is 1. The predicted molar refractivity (Wildman–Crippen MR) is 115 cm³/mol. The van der Waals surface area contributed by atoms with Gasteiger partial charge in [0.25, 0.3) is 6.43 Å². The molecule has 1 saturated carbocycles. The minimum Gasteiger partial charge on any atom is -0.351 e. The second-order valence-corrected chi connectivity index (χ2v) is 8.52. The number of aromatic nitrogens is 6. The van der Waals surface area contributed by atoms with Gasteiger partial charge in [0.1, 0.15) is 17.7 Å². The van der Waals surface area contributed by atoms with Gasteiger partial charge in [-0.1, -0.05) is 11.3 Å². The van der Waals surface area contributed by atoms with Gasteiger partial charge >= 0.3 is 0 Å². The highest BCUT2D eigenvalue weighted by Gasteiger charge is 2.41. The van der Waals surface area contributed by atoms with Crippen LogP contribution in [-0.2, 0) is 11.3 Å². The largest absolute Gasteiger partial charge is 0.351 e. The molecule has 5 rings (SSSR count). The number of nitrogens with one attached hydrogen (secondary N) is 3. The number of amides is 1. The summed E-state index contributed by atoms with van der Waals surface area (Å²) in [6, 6.07) is 5.61. The molecule has 3 heterocycles. The van der Waals surface area contributed by atoms with Crippen LogP contribution in [0.2, 0.25) is 0 Å². The van der Waals surface area contributed by atoms with E-state index in [4.69, 9.17) is 0 Å². The maximum absolute atomic E-state index is 12.8. The standard InChI is InChI=1S/C21H22F2N8O/c1-11(32)28-21(2)6-13(7-21)26-20-25-9-15-14(8-24-19(15)27-20)12-3-4-16-17(5-12)31(30-29-16)10-18(22)23/h3-5,8-9,13,18H,6-7,10H2,1-2H3,(H,28,32)(H2,24,25,26,27). The highest BCUT2D eigenvalue weighted by molar-refractivity contribution is 5.95. The fourth-order valence-electron chi connectivity index (χ4n) is 4.45. The van der Waals surface area contributed by atoms with E-state index in [1.165, 1.54) is 11.6 Å². The molecule has 0 saturated heterocycles. The first-order valence-electron chi connectivity index (χ1n) is 10.3. The fourth-order valence-corrected chi connectivity index (χ4v) is 4.45. The topological polar surface area (TPSA) is 113 Å². The van der Waals surface area contributed by atoms with Crippen molar-refractivity contribution in [2.24, 2.45) is 0 Å². The number of hydrogen-bond acceptors (Lipinski definition) is 6. The van der Waals surface area contributed by atoms with E-state index in [1.54, 1.807) is 18.3 Å². The Balaban J connectivity index is 1.37. The molecule has 0 aliphatic heterocycles. The minimum atomic E-state index is -2.51. The minimum absolute atomic E-state index is 0.0336. The van der Waals surface area contributed by atoms with Crippen LogP contribution < -0.4 is 10.6 Å². The van der Waals surface area contributed by atoms with Crippen molar-refractivity contribution in [2.75, 3.05) is 5.32 Å². The number of H-pyrrole nitrogens is 1. The summed E-state index contributed by atoms with van der Waals surface area (Å²) in [5.74, 6) is 0.476. The van der Waals surface area contributed by atoms with Crippen LogP contribution >= 0.6 is 0 Å². The molecule has 1 amide bonds. The van der Waals surface area contributed by atoms with Gasteiger partial charge in [-0.05, 0) is 37.5 Å². The number of alkyl halides is 2. The molecule has 0 radical (unpaired) electrons. The van der Waals surface area contributed by atoms with Gasteiger partial charge in [0, 0.05) is 41.8 Å². The van der Waals surface area contributed by atoms with Gasteiger partial charge < -0.3 is 15.6 Å². The maximum atomic E-state index is 12.8. The van der Waals surface area contributed by atoms with Crippen molar-refractivity contribution < 1.29 is 13.6 Å². The van der Waals surface area contributed by atoms with Gasteiger partial charge in [0.15, 0.2) is 0 Å². The number of benzene rings is 1. The van der Waals surface area contributed by atoms with Crippen molar-refractivity contribution in [3.8, 4) is 11.1 Å². The Morgan fingerprint density at radius 1 is 1.38 bits per heavy atom. The van der Waals surface area contributed by atoms with Crippen molar-refractivity contribution in [2.45, 2.75) is 51.2 Å². The van der Waals surface area contributed by atoms with E-state index < -0.39 is 13.0 Å². The molecule has 166 valence electrons. The van der Waals surface area contributed by atoms with Gasteiger partial charge in [0.05, 0.1) is 5.52 Å². The third-order valence-corrected chi connectivity index (χ3v) is 5.77. The molecule has 1 aliphatic rings. The summed E-state index contributed by atoms with van der Waals surface area (Å²) < 4.78 is 26.9. The number of hydrogen-bond donors (Lipinski definition) is 3. The molecule has 1 aliphatic carbocycles. The zero-order chi connectivity index (χ0) is 22.5. The summed E-state index contributed by atoms with van der Waals surface area (Å²) in [6.07, 6.45) is 2.64. The molecule has 0 unspecified atom stereocenters. The Hall–Kier alpha value is -3.63. The van der Waals surface area contributed by atoms with Crippen LogP contribution in [0, 0.1) is 0 Å². The molecule has 11 heteroatoms. The third kappa shape index (κ3) is 3.74. The Labute approximate surface area is 181 Å². The van der Waals surface area contributed by atoms with Gasteiger partial charge in [-0.25, -0.2) is 18.4 Å². The monoisotopic (exact) mass is 440 g/mol. The van der Waals surface area contributed by atoms with Crippen LogP contribution in [0.3, 0.4) is 0 Å². The Morgan fingerprint density at radius 2 is 2.19 bits per heavy atom. The lowest BCUT2D eigenvalue weighted by molar-refractivity contribution is -0.121. The van der Waals surface area contributed by atoms with Crippen LogP contribution in [-0.4, -0.2) is 53.9 Å². The average Bonchev–Trinajstić information content (AvgIpc) is 3.29. The Morgan fingerprint density at radius 3 is 2.94 bits per heavy atom. The predicted octanol–water partition coefficient (Wildman–Crippen LogP) is 3.10. The Bertz CT molecular complexity index is 1310. The lowest BCUT2D eigenvalue weighted by Gasteiger charge is -2.45. The maximum Gasteiger partial charge on any atom is 0.258 e. The molecule has 9 nitrogen and oxygen atoms in total. The molecule has 0 bridgehead atoms. The molecule has 4 aromatic rings. The van der Waals surface area contributed by atoms with Crippen LogP contribution in [0.5, 0.6) is 0 Å². The average molecular weight is 440 g/mol. The van der Waals surface area contributed by atoms with Gasteiger partial charge in [0.2, 0.25) is 11.9 Å². The summed E-state index contributed by atoms with van der Waals surface area (Å²) in [6.45, 7) is 3.04. The van der Waals surface area contributed by atoms with E-state index >= 15 is 0 Å². The quantitative estimate of drug-likeness (QED) is 0.425. The highest BCUT2D eigenvalue weighted by Crippen LogP contribution is 2.34. The number of nitrogens with zero attached hydrogens (tertiary/aromatic N) is 5. The molecule has 0 atom stereocenters. The third-order valence-electron chi connectivity index (χ3n) is 5.77. The van der Waals surface area contributed by atoms with Crippen LogP contribution in [0.25, 0.3) is 33.2 Å². The van der Waals surface area contributed by atoms with Crippen LogP contribution in [0.1, 0.15) is 26.7 Å². The highest BCUT2D eigenvalue weighted by atomic mass is 19.3. The number of rotatable bonds is 6. The van der Waals surface area contributed by atoms with E-state index in [2.05, 4.69) is 35.9 Å². The summed E-state index contributed by atoms with van der Waals surface area (Å²) in [7, 11) is 0. The summed E-state index contributed by atoms with van der Waals surface area (Å²) >= 11 is 0. The molecule has 32 heavy (non-hydrogen) atoms. The van der Waals surface area contributed by atoms with Crippen molar-refractivity contribution in [3.05, 3.63) is 30.6 Å². The molecular weight excluding hydrogens is 418 g/mol. The molecule has 1 aromatic carbocycles. The van der Waals surface area contributed by atoms with Crippen LogP contribution in [0.4, 0.5) is 14.7 Å². The second-order valence-electron chi connectivity index (χ2n) is 8.52. The lowest BCUT2D eigenvalue weighted by Crippen LogP contribution is -2.59. The lowest BCUT2D eigenvalue weighted by atomic mass is 9.74. The van der Waals surface area contributed by atoms with Crippen molar-refractivity contribution in [3.63, 3.8) is 0 Å². The number of halogens is 2. The van der Waals surface area contributed by atoms with E-state index in [0.29, 0.717) is 22.6 Å². The number of aromatic amines is 1. The zero-order valence-electron chi connectivity index (χ0n) is 17.6. The molecule has 3 N–H and O–H groups in total. The van der Waals surface area contributed by atoms with Gasteiger partial charge in [-0.3, -0.25) is 4.79 Å². The normalized spacial score (nSPS) is 20.6.